The van der Waals surface area contributed by atoms with Crippen LogP contribution in [-0.2, 0) is 19.6 Å². The normalized spacial score (nSPS) is 25.3. The minimum atomic E-state index is -3.68. The Morgan fingerprint density at radius 1 is 1.13 bits per heavy atom. The molecule has 4 rings (SSSR count). The Morgan fingerprint density at radius 3 is 2.43 bits per heavy atom. The molecule has 8 heteroatoms. The van der Waals surface area contributed by atoms with Crippen molar-refractivity contribution in [1.82, 2.24) is 9.62 Å². The van der Waals surface area contributed by atoms with E-state index in [4.69, 9.17) is 9.47 Å². The highest BCUT2D eigenvalue weighted by atomic mass is 32.2. The summed E-state index contributed by atoms with van der Waals surface area (Å²) in [7, 11) is -2.13. The van der Waals surface area contributed by atoms with E-state index in [-0.39, 0.29) is 34.7 Å². The predicted octanol–water partition coefficient (Wildman–Crippen LogP) is 2.56. The second-order valence-electron chi connectivity index (χ2n) is 8.84. The number of nitrogens with one attached hydrogen (secondary N) is 1. The topological polar surface area (TPSA) is 84.9 Å². The van der Waals surface area contributed by atoms with Gasteiger partial charge in [0.2, 0.25) is 15.9 Å². The first kappa shape index (κ1) is 21.6. The van der Waals surface area contributed by atoms with Gasteiger partial charge in [0.05, 0.1) is 17.9 Å². The van der Waals surface area contributed by atoms with Gasteiger partial charge >= 0.3 is 0 Å². The van der Waals surface area contributed by atoms with Crippen molar-refractivity contribution >= 4 is 15.9 Å². The lowest BCUT2D eigenvalue weighted by Gasteiger charge is -2.38. The third kappa shape index (κ3) is 4.22. The molecule has 30 heavy (non-hydrogen) atoms. The molecule has 7 nitrogen and oxygen atoms in total. The zero-order valence-electron chi connectivity index (χ0n) is 17.6. The fraction of sp³-hybridized carbons (Fsp3) is 0.682. The number of amides is 1. The maximum atomic E-state index is 13.3. The van der Waals surface area contributed by atoms with Crippen molar-refractivity contribution in [3.05, 3.63) is 24.3 Å². The van der Waals surface area contributed by atoms with Crippen LogP contribution < -0.4 is 10.1 Å². The van der Waals surface area contributed by atoms with Crippen LogP contribution in [0.1, 0.15) is 44.9 Å². The van der Waals surface area contributed by atoms with Gasteiger partial charge in [0, 0.05) is 37.8 Å². The van der Waals surface area contributed by atoms with E-state index in [0.29, 0.717) is 38.3 Å². The minimum Gasteiger partial charge on any atom is -0.497 e. The van der Waals surface area contributed by atoms with Crippen LogP contribution >= 0.6 is 0 Å². The second-order valence-corrected chi connectivity index (χ2v) is 10.8. The maximum absolute atomic E-state index is 13.3. The van der Waals surface area contributed by atoms with Gasteiger partial charge in [-0.3, -0.25) is 4.79 Å². The Labute approximate surface area is 179 Å². The molecule has 1 aromatic carbocycles. The number of carbonyl (C=O) groups excluding carboxylic acids is 1. The molecule has 1 atom stereocenters. The zero-order chi connectivity index (χ0) is 21.2. The van der Waals surface area contributed by atoms with E-state index in [1.807, 2.05) is 0 Å². The fourth-order valence-electron chi connectivity index (χ4n) is 5.20. The van der Waals surface area contributed by atoms with Crippen molar-refractivity contribution in [1.29, 1.82) is 0 Å². The lowest BCUT2D eigenvalue weighted by Crippen LogP contribution is -2.47. The number of sulfonamides is 1. The van der Waals surface area contributed by atoms with Crippen molar-refractivity contribution < 1.29 is 22.7 Å². The molecule has 1 amide bonds. The Kier molecular flexibility index (Phi) is 6.36. The number of hydrogen-bond acceptors (Lipinski definition) is 5. The van der Waals surface area contributed by atoms with Crippen LogP contribution in [0.4, 0.5) is 0 Å². The quantitative estimate of drug-likeness (QED) is 0.767. The van der Waals surface area contributed by atoms with E-state index >= 15 is 0 Å². The van der Waals surface area contributed by atoms with E-state index in [0.717, 1.165) is 25.7 Å². The van der Waals surface area contributed by atoms with E-state index < -0.39 is 10.0 Å². The third-order valence-electron chi connectivity index (χ3n) is 7.07. The molecule has 0 radical (unpaired) electrons. The largest absolute Gasteiger partial charge is 0.497 e. The molecule has 1 N–H and O–H groups in total. The van der Waals surface area contributed by atoms with Gasteiger partial charge in [-0.1, -0.05) is 19.3 Å². The molecule has 166 valence electrons. The number of carbonyl (C=O) groups is 1. The molecule has 0 aromatic heterocycles. The van der Waals surface area contributed by atoms with Crippen molar-refractivity contribution in [2.24, 2.45) is 11.3 Å². The van der Waals surface area contributed by atoms with Crippen LogP contribution in [0.3, 0.4) is 0 Å². The molecular formula is C22H32N2O5S. The van der Waals surface area contributed by atoms with Gasteiger partial charge in [-0.15, -0.1) is 0 Å². The Bertz CT molecular complexity index is 843. The highest BCUT2D eigenvalue weighted by Crippen LogP contribution is 2.46. The van der Waals surface area contributed by atoms with Crippen molar-refractivity contribution in [3.8, 4) is 5.75 Å². The van der Waals surface area contributed by atoms with Gasteiger partial charge in [-0.2, -0.15) is 4.31 Å². The standard InChI is InChI=1S/C22H32N2O5S/c1-28-18-7-9-19(10-8-18)30(26,27)24-15-20(22(16-24)11-13-29-14-12-22)21(25)23-17-5-3-2-4-6-17/h7-10,17,20H,2-6,11-16H2,1H3,(H,23,25). The maximum Gasteiger partial charge on any atom is 0.243 e. The van der Waals surface area contributed by atoms with E-state index in [1.54, 1.807) is 31.4 Å². The van der Waals surface area contributed by atoms with Crippen molar-refractivity contribution in [3.63, 3.8) is 0 Å². The molecular weight excluding hydrogens is 404 g/mol. The molecule has 2 aliphatic heterocycles. The van der Waals surface area contributed by atoms with Crippen molar-refractivity contribution in [2.45, 2.75) is 55.9 Å². The smallest absolute Gasteiger partial charge is 0.243 e. The summed E-state index contributed by atoms with van der Waals surface area (Å²) >= 11 is 0. The van der Waals surface area contributed by atoms with Gasteiger partial charge in [0.1, 0.15) is 5.75 Å². The van der Waals surface area contributed by atoms with Crippen LogP contribution in [0.5, 0.6) is 5.75 Å². The third-order valence-corrected chi connectivity index (χ3v) is 8.90. The Balaban J connectivity index is 1.56. The second kappa shape index (κ2) is 8.85. The summed E-state index contributed by atoms with van der Waals surface area (Å²) in [5.74, 6) is 0.286. The summed E-state index contributed by atoms with van der Waals surface area (Å²) in [5.41, 5.74) is -0.351. The van der Waals surface area contributed by atoms with Crippen LogP contribution in [0.15, 0.2) is 29.2 Å². The molecule has 1 aliphatic carbocycles. The SMILES string of the molecule is COc1ccc(S(=O)(=O)N2CC(C(=O)NC3CCCCC3)C3(CCOCC3)C2)cc1. The number of methoxy groups -OCH3 is 1. The van der Waals surface area contributed by atoms with Gasteiger partial charge in [-0.25, -0.2) is 8.42 Å². The first-order chi connectivity index (χ1) is 14.4. The summed E-state index contributed by atoms with van der Waals surface area (Å²) < 4.78 is 38.9. The first-order valence-corrected chi connectivity index (χ1v) is 12.4. The number of rotatable bonds is 5. The summed E-state index contributed by atoms with van der Waals surface area (Å²) in [6.45, 7) is 1.74. The molecule has 1 spiro atoms. The molecule has 2 heterocycles. The van der Waals surface area contributed by atoms with Crippen LogP contribution in [0.25, 0.3) is 0 Å². The summed E-state index contributed by atoms with van der Waals surface area (Å²) in [6.07, 6.45) is 6.98. The predicted molar refractivity (Wildman–Crippen MR) is 113 cm³/mol. The summed E-state index contributed by atoms with van der Waals surface area (Å²) in [6, 6.07) is 6.66. The molecule has 2 saturated heterocycles. The van der Waals surface area contributed by atoms with Crippen LogP contribution in [0, 0.1) is 11.3 Å². The average molecular weight is 437 g/mol. The summed E-state index contributed by atoms with van der Waals surface area (Å²) in [4.78, 5) is 13.5. The lowest BCUT2D eigenvalue weighted by atomic mass is 9.71. The number of benzene rings is 1. The van der Waals surface area contributed by atoms with Crippen LogP contribution in [-0.4, -0.2) is 58.1 Å². The molecule has 0 bridgehead atoms. The minimum absolute atomic E-state index is 0.0104. The molecule has 1 saturated carbocycles. The highest BCUT2D eigenvalue weighted by molar-refractivity contribution is 7.89. The zero-order valence-corrected chi connectivity index (χ0v) is 18.5. The fourth-order valence-corrected chi connectivity index (χ4v) is 6.75. The van der Waals surface area contributed by atoms with Crippen LogP contribution in [0.2, 0.25) is 0 Å². The average Bonchev–Trinajstić information content (AvgIpc) is 3.14. The molecule has 1 aromatic rings. The van der Waals surface area contributed by atoms with Gasteiger partial charge < -0.3 is 14.8 Å². The highest BCUT2D eigenvalue weighted by Gasteiger charge is 2.53. The Hall–Kier alpha value is -1.64. The van der Waals surface area contributed by atoms with E-state index in [2.05, 4.69) is 5.32 Å². The molecule has 1 unspecified atom stereocenters. The van der Waals surface area contributed by atoms with E-state index in [9.17, 15) is 13.2 Å². The monoisotopic (exact) mass is 436 g/mol. The molecule has 3 fully saturated rings. The van der Waals surface area contributed by atoms with Gasteiger partial charge in [0.25, 0.3) is 0 Å². The first-order valence-electron chi connectivity index (χ1n) is 11.0. The number of ether oxygens (including phenoxy) is 2. The number of hydrogen-bond donors (Lipinski definition) is 1. The van der Waals surface area contributed by atoms with Gasteiger partial charge in [-0.05, 0) is 49.9 Å². The number of nitrogens with zero attached hydrogens (tertiary/aromatic N) is 1. The summed E-state index contributed by atoms with van der Waals surface area (Å²) in [5, 5.41) is 3.24. The van der Waals surface area contributed by atoms with E-state index in [1.165, 1.54) is 10.7 Å². The molecule has 3 aliphatic rings. The van der Waals surface area contributed by atoms with Crippen molar-refractivity contribution in [2.75, 3.05) is 33.4 Å². The lowest BCUT2D eigenvalue weighted by molar-refractivity contribution is -0.130. The Morgan fingerprint density at radius 2 is 1.80 bits per heavy atom. The van der Waals surface area contributed by atoms with Gasteiger partial charge in [0.15, 0.2) is 0 Å².